The highest BCUT2D eigenvalue weighted by Crippen LogP contribution is 2.31. The van der Waals surface area contributed by atoms with Crippen LogP contribution in [0.15, 0.2) is 6.20 Å². The summed E-state index contributed by atoms with van der Waals surface area (Å²) < 4.78 is 29.9. The minimum atomic E-state index is -2.67. The molecule has 0 amide bonds. The van der Waals surface area contributed by atoms with Crippen LogP contribution in [-0.4, -0.2) is 12.1 Å². The van der Waals surface area contributed by atoms with Gasteiger partial charge in [0.1, 0.15) is 11.4 Å². The molecule has 0 aliphatic heterocycles. The van der Waals surface area contributed by atoms with Crippen LogP contribution in [-0.2, 0) is 6.42 Å². The Morgan fingerprint density at radius 3 is 2.73 bits per heavy atom. The summed E-state index contributed by atoms with van der Waals surface area (Å²) in [5.74, 6) is 0.0674. The zero-order valence-electron chi connectivity index (χ0n) is 8.42. The van der Waals surface area contributed by atoms with E-state index in [1.54, 1.807) is 6.92 Å². The molecule has 1 rings (SSSR count). The largest absolute Gasteiger partial charge is 0.494 e. The monoisotopic (exact) mass is 212 g/mol. The summed E-state index contributed by atoms with van der Waals surface area (Å²) >= 11 is 0. The Balaban J connectivity index is 3.27. The normalized spacial score (nSPS) is 10.1. The lowest BCUT2D eigenvalue weighted by Gasteiger charge is -2.12. The number of alkyl halides is 2. The van der Waals surface area contributed by atoms with E-state index >= 15 is 0 Å². The molecule has 1 aromatic heterocycles. The number of nitrogens with zero attached hydrogens (tertiary/aromatic N) is 2. The quantitative estimate of drug-likeness (QED) is 0.772. The average Bonchev–Trinajstić information content (AvgIpc) is 2.20. The topological polar surface area (TPSA) is 45.9 Å². The van der Waals surface area contributed by atoms with Crippen molar-refractivity contribution in [2.45, 2.75) is 19.8 Å². The third kappa shape index (κ3) is 2.21. The molecule has 0 fully saturated rings. The number of hydrogen-bond donors (Lipinski definition) is 0. The fourth-order valence-electron chi connectivity index (χ4n) is 1.32. The van der Waals surface area contributed by atoms with E-state index in [-0.39, 0.29) is 17.9 Å². The minimum absolute atomic E-state index is 0.0674. The van der Waals surface area contributed by atoms with Gasteiger partial charge in [0.2, 0.25) is 0 Å². The molecular formula is C10H10F2N2O. The summed E-state index contributed by atoms with van der Waals surface area (Å²) in [7, 11) is 1.31. The van der Waals surface area contributed by atoms with Crippen molar-refractivity contribution in [3.05, 3.63) is 23.0 Å². The molecule has 3 nitrogen and oxygen atoms in total. The van der Waals surface area contributed by atoms with Gasteiger partial charge in [-0.2, -0.15) is 5.26 Å². The molecule has 15 heavy (non-hydrogen) atoms. The van der Waals surface area contributed by atoms with Gasteiger partial charge in [-0.15, -0.1) is 0 Å². The van der Waals surface area contributed by atoms with Crippen molar-refractivity contribution in [1.29, 1.82) is 5.26 Å². The number of methoxy groups -OCH3 is 1. The molecule has 0 radical (unpaired) electrons. The summed E-state index contributed by atoms with van der Waals surface area (Å²) in [5.41, 5.74) is 0.778. The van der Waals surface area contributed by atoms with Gasteiger partial charge in [-0.25, -0.2) is 8.78 Å². The van der Waals surface area contributed by atoms with Gasteiger partial charge in [0.25, 0.3) is 6.43 Å². The van der Waals surface area contributed by atoms with E-state index in [9.17, 15) is 8.78 Å². The van der Waals surface area contributed by atoms with Gasteiger partial charge >= 0.3 is 0 Å². The van der Waals surface area contributed by atoms with Crippen LogP contribution in [0.5, 0.6) is 5.75 Å². The third-order valence-corrected chi connectivity index (χ3v) is 2.09. The summed E-state index contributed by atoms with van der Waals surface area (Å²) in [6.45, 7) is 1.64. The second kappa shape index (κ2) is 4.69. The average molecular weight is 212 g/mol. The van der Waals surface area contributed by atoms with E-state index in [4.69, 9.17) is 10.00 Å². The van der Waals surface area contributed by atoms with Crippen LogP contribution in [0.1, 0.15) is 23.2 Å². The molecule has 1 aromatic rings. The summed E-state index contributed by atoms with van der Waals surface area (Å²) in [6.07, 6.45) is -1.24. The van der Waals surface area contributed by atoms with Crippen LogP contribution >= 0.6 is 0 Å². The lowest BCUT2D eigenvalue weighted by Crippen LogP contribution is -2.02. The van der Waals surface area contributed by atoms with Crippen LogP contribution in [0.2, 0.25) is 0 Å². The SMILES string of the molecule is COc1c(C(F)F)ncc(CC#N)c1C. The first-order valence-electron chi connectivity index (χ1n) is 4.29. The Hall–Kier alpha value is -1.70. The van der Waals surface area contributed by atoms with Gasteiger partial charge in [0.05, 0.1) is 19.6 Å². The smallest absolute Gasteiger partial charge is 0.284 e. The standard InChI is InChI=1S/C10H10F2N2O/c1-6-7(3-4-13)5-14-8(10(11)12)9(6)15-2/h5,10H,3H2,1-2H3. The van der Waals surface area contributed by atoms with Crippen molar-refractivity contribution in [2.24, 2.45) is 0 Å². The van der Waals surface area contributed by atoms with E-state index in [0.29, 0.717) is 11.1 Å². The van der Waals surface area contributed by atoms with Crippen molar-refractivity contribution in [1.82, 2.24) is 4.98 Å². The van der Waals surface area contributed by atoms with Gasteiger partial charge in [0, 0.05) is 6.20 Å². The van der Waals surface area contributed by atoms with Crippen molar-refractivity contribution >= 4 is 0 Å². The number of rotatable bonds is 3. The summed E-state index contributed by atoms with van der Waals surface area (Å²) in [4.78, 5) is 3.60. The van der Waals surface area contributed by atoms with E-state index in [1.807, 2.05) is 6.07 Å². The number of nitriles is 1. The van der Waals surface area contributed by atoms with Crippen LogP contribution < -0.4 is 4.74 Å². The zero-order valence-corrected chi connectivity index (χ0v) is 8.42. The summed E-state index contributed by atoms with van der Waals surface area (Å²) in [5, 5.41) is 8.52. The first-order chi connectivity index (χ1) is 7.11. The molecule has 1 heterocycles. The van der Waals surface area contributed by atoms with Gasteiger partial charge in [-0.3, -0.25) is 4.98 Å². The Labute approximate surface area is 86.3 Å². The highest BCUT2D eigenvalue weighted by Gasteiger charge is 2.19. The van der Waals surface area contributed by atoms with Gasteiger partial charge in [-0.1, -0.05) is 0 Å². The lowest BCUT2D eigenvalue weighted by molar-refractivity contribution is 0.141. The predicted molar refractivity (Wildman–Crippen MR) is 49.8 cm³/mol. The Morgan fingerprint density at radius 1 is 1.60 bits per heavy atom. The Bertz CT molecular complexity index is 399. The molecule has 0 saturated heterocycles. The zero-order chi connectivity index (χ0) is 11.4. The van der Waals surface area contributed by atoms with Gasteiger partial charge < -0.3 is 4.74 Å². The van der Waals surface area contributed by atoms with Crippen molar-refractivity contribution in [3.8, 4) is 11.8 Å². The number of halogens is 2. The fourth-order valence-corrected chi connectivity index (χ4v) is 1.32. The maximum atomic E-state index is 12.5. The van der Waals surface area contributed by atoms with Crippen molar-refractivity contribution in [3.63, 3.8) is 0 Å². The third-order valence-electron chi connectivity index (χ3n) is 2.09. The van der Waals surface area contributed by atoms with Gasteiger partial charge in [0.15, 0.2) is 0 Å². The number of aromatic nitrogens is 1. The van der Waals surface area contributed by atoms with Crippen LogP contribution in [0.3, 0.4) is 0 Å². The first kappa shape index (κ1) is 11.4. The Kier molecular flexibility index (Phi) is 3.56. The molecule has 0 aliphatic carbocycles. The van der Waals surface area contributed by atoms with E-state index in [0.717, 1.165) is 0 Å². The fraction of sp³-hybridized carbons (Fsp3) is 0.400. The van der Waals surface area contributed by atoms with E-state index < -0.39 is 6.43 Å². The van der Waals surface area contributed by atoms with Crippen LogP contribution in [0.4, 0.5) is 8.78 Å². The molecule has 0 N–H and O–H groups in total. The molecule has 0 atom stereocenters. The number of ether oxygens (including phenoxy) is 1. The van der Waals surface area contributed by atoms with Crippen LogP contribution in [0.25, 0.3) is 0 Å². The van der Waals surface area contributed by atoms with Crippen LogP contribution in [0, 0.1) is 18.3 Å². The minimum Gasteiger partial charge on any atom is -0.494 e. The Morgan fingerprint density at radius 2 is 2.27 bits per heavy atom. The molecule has 0 aliphatic rings. The number of pyridine rings is 1. The molecule has 0 spiro atoms. The maximum Gasteiger partial charge on any atom is 0.284 e. The second-order valence-corrected chi connectivity index (χ2v) is 2.96. The van der Waals surface area contributed by atoms with Crippen molar-refractivity contribution in [2.75, 3.05) is 7.11 Å². The first-order valence-corrected chi connectivity index (χ1v) is 4.29. The maximum absolute atomic E-state index is 12.5. The lowest BCUT2D eigenvalue weighted by atomic mass is 10.1. The van der Waals surface area contributed by atoms with E-state index in [2.05, 4.69) is 4.98 Å². The summed E-state index contributed by atoms with van der Waals surface area (Å²) in [6, 6.07) is 1.94. The highest BCUT2D eigenvalue weighted by atomic mass is 19.3. The molecule has 0 bridgehead atoms. The molecular weight excluding hydrogens is 202 g/mol. The van der Waals surface area contributed by atoms with E-state index in [1.165, 1.54) is 13.3 Å². The molecule has 5 heteroatoms. The molecule has 0 unspecified atom stereocenters. The molecule has 80 valence electrons. The van der Waals surface area contributed by atoms with Crippen molar-refractivity contribution < 1.29 is 13.5 Å². The molecule has 0 aromatic carbocycles. The second-order valence-electron chi connectivity index (χ2n) is 2.96. The number of hydrogen-bond acceptors (Lipinski definition) is 3. The predicted octanol–water partition coefficient (Wildman–Crippen LogP) is 2.40. The molecule has 0 saturated carbocycles. The highest BCUT2D eigenvalue weighted by molar-refractivity contribution is 5.42. The van der Waals surface area contributed by atoms with Gasteiger partial charge in [-0.05, 0) is 18.1 Å².